The highest BCUT2D eigenvalue weighted by Crippen LogP contribution is 2.38. The molecule has 6 heteroatoms. The van der Waals surface area contributed by atoms with E-state index >= 15 is 0 Å². The molecule has 0 spiro atoms. The van der Waals surface area contributed by atoms with E-state index in [9.17, 15) is 10.1 Å². The number of rotatable bonds is 5. The zero-order valence-corrected chi connectivity index (χ0v) is 10.2. The SMILES string of the molecule is CCOc1cccc(OC2CC(N)C2)c1[N+](=O)[O-]. The minimum absolute atomic E-state index is 0.0319. The van der Waals surface area contributed by atoms with E-state index in [1.54, 1.807) is 25.1 Å². The van der Waals surface area contributed by atoms with Crippen molar-refractivity contribution in [1.29, 1.82) is 0 Å². The Hall–Kier alpha value is -1.82. The van der Waals surface area contributed by atoms with Gasteiger partial charge in [0.2, 0.25) is 11.5 Å². The van der Waals surface area contributed by atoms with Gasteiger partial charge >= 0.3 is 5.69 Å². The fourth-order valence-corrected chi connectivity index (χ4v) is 1.93. The van der Waals surface area contributed by atoms with E-state index in [-0.39, 0.29) is 29.3 Å². The molecule has 2 rings (SSSR count). The van der Waals surface area contributed by atoms with Crippen LogP contribution >= 0.6 is 0 Å². The Kier molecular flexibility index (Phi) is 3.66. The molecule has 0 radical (unpaired) electrons. The van der Waals surface area contributed by atoms with Crippen LogP contribution in [0, 0.1) is 10.1 Å². The molecule has 1 aromatic rings. The Morgan fingerprint density at radius 1 is 1.44 bits per heavy atom. The Morgan fingerprint density at radius 2 is 2.11 bits per heavy atom. The van der Waals surface area contributed by atoms with Crippen LogP contribution in [-0.4, -0.2) is 23.7 Å². The first-order valence-corrected chi connectivity index (χ1v) is 5.94. The monoisotopic (exact) mass is 252 g/mol. The molecule has 0 aromatic heterocycles. The lowest BCUT2D eigenvalue weighted by Crippen LogP contribution is -2.43. The third-order valence-electron chi connectivity index (χ3n) is 2.87. The highest BCUT2D eigenvalue weighted by Gasteiger charge is 2.31. The number of hydrogen-bond acceptors (Lipinski definition) is 5. The van der Waals surface area contributed by atoms with Gasteiger partial charge in [0, 0.05) is 6.04 Å². The van der Waals surface area contributed by atoms with Crippen molar-refractivity contribution in [3.63, 3.8) is 0 Å². The van der Waals surface area contributed by atoms with Gasteiger partial charge in [0.05, 0.1) is 11.5 Å². The van der Waals surface area contributed by atoms with Crippen LogP contribution in [0.2, 0.25) is 0 Å². The molecule has 0 amide bonds. The zero-order valence-electron chi connectivity index (χ0n) is 10.2. The smallest absolute Gasteiger partial charge is 0.352 e. The standard InChI is InChI=1S/C12H16N2O4/c1-2-17-10-4-3-5-11(12(10)14(15)16)18-9-6-8(13)7-9/h3-5,8-9H,2,6-7,13H2,1H3. The number of ether oxygens (including phenoxy) is 2. The lowest BCUT2D eigenvalue weighted by atomic mass is 9.90. The maximum absolute atomic E-state index is 11.1. The Morgan fingerprint density at radius 3 is 2.67 bits per heavy atom. The van der Waals surface area contributed by atoms with Gasteiger partial charge in [0.25, 0.3) is 0 Å². The molecule has 0 aliphatic heterocycles. The molecule has 98 valence electrons. The molecule has 1 aromatic carbocycles. The van der Waals surface area contributed by atoms with Gasteiger partial charge in [-0.1, -0.05) is 6.07 Å². The lowest BCUT2D eigenvalue weighted by Gasteiger charge is -2.32. The molecule has 1 aliphatic rings. The normalized spacial score (nSPS) is 22.1. The van der Waals surface area contributed by atoms with Gasteiger partial charge in [-0.05, 0) is 31.9 Å². The predicted octanol–water partition coefficient (Wildman–Crippen LogP) is 1.86. The summed E-state index contributed by atoms with van der Waals surface area (Å²) in [5.74, 6) is 0.492. The first-order valence-electron chi connectivity index (χ1n) is 5.94. The van der Waals surface area contributed by atoms with E-state index < -0.39 is 4.92 Å². The second-order valence-corrected chi connectivity index (χ2v) is 4.26. The molecule has 0 atom stereocenters. The number of nitrogens with two attached hydrogens (primary N) is 1. The van der Waals surface area contributed by atoms with Crippen molar-refractivity contribution in [3.05, 3.63) is 28.3 Å². The number of nitro benzene ring substituents is 1. The fraction of sp³-hybridized carbons (Fsp3) is 0.500. The summed E-state index contributed by atoms with van der Waals surface area (Å²) in [4.78, 5) is 10.6. The Labute approximate surface area is 105 Å². The van der Waals surface area contributed by atoms with Crippen LogP contribution in [0.25, 0.3) is 0 Å². The van der Waals surface area contributed by atoms with E-state index in [1.165, 1.54) is 0 Å². The summed E-state index contributed by atoms with van der Waals surface area (Å²) in [6.45, 7) is 2.15. The topological polar surface area (TPSA) is 87.6 Å². The Bertz CT molecular complexity index is 444. The molecular formula is C12H16N2O4. The second-order valence-electron chi connectivity index (χ2n) is 4.26. The summed E-state index contributed by atoms with van der Waals surface area (Å²) in [6.07, 6.45) is 1.43. The van der Waals surface area contributed by atoms with Gasteiger partial charge < -0.3 is 15.2 Å². The third-order valence-corrected chi connectivity index (χ3v) is 2.87. The van der Waals surface area contributed by atoms with E-state index in [2.05, 4.69) is 0 Å². The maximum atomic E-state index is 11.1. The van der Waals surface area contributed by atoms with Gasteiger partial charge in [-0.25, -0.2) is 0 Å². The van der Waals surface area contributed by atoms with E-state index in [1.807, 2.05) is 0 Å². The van der Waals surface area contributed by atoms with Crippen LogP contribution in [0.1, 0.15) is 19.8 Å². The van der Waals surface area contributed by atoms with Gasteiger partial charge in [-0.3, -0.25) is 10.1 Å². The molecule has 6 nitrogen and oxygen atoms in total. The first-order chi connectivity index (χ1) is 8.61. The summed E-state index contributed by atoms with van der Waals surface area (Å²) in [7, 11) is 0. The quantitative estimate of drug-likeness (QED) is 0.638. The minimum atomic E-state index is -0.473. The molecule has 0 saturated heterocycles. The molecule has 1 saturated carbocycles. The van der Waals surface area contributed by atoms with Gasteiger partial charge in [-0.15, -0.1) is 0 Å². The second kappa shape index (κ2) is 5.22. The summed E-state index contributed by atoms with van der Waals surface area (Å²) in [5, 5.41) is 11.1. The molecule has 18 heavy (non-hydrogen) atoms. The number of para-hydroxylation sites is 1. The van der Waals surface area contributed by atoms with Gasteiger partial charge in [0.15, 0.2) is 0 Å². The van der Waals surface area contributed by atoms with Gasteiger partial charge in [0.1, 0.15) is 6.10 Å². The number of nitrogens with zero attached hydrogens (tertiary/aromatic N) is 1. The Balaban J connectivity index is 2.22. The largest absolute Gasteiger partial charge is 0.487 e. The molecule has 0 unspecified atom stereocenters. The molecule has 1 aliphatic carbocycles. The van der Waals surface area contributed by atoms with Crippen LogP contribution in [0.5, 0.6) is 11.5 Å². The van der Waals surface area contributed by atoms with E-state index in [0.29, 0.717) is 6.61 Å². The van der Waals surface area contributed by atoms with Crippen molar-refractivity contribution in [2.24, 2.45) is 5.73 Å². The third kappa shape index (κ3) is 2.53. The highest BCUT2D eigenvalue weighted by atomic mass is 16.6. The number of benzene rings is 1. The minimum Gasteiger partial charge on any atom is -0.487 e. The summed E-state index contributed by atoms with van der Waals surface area (Å²) >= 11 is 0. The van der Waals surface area contributed by atoms with Crippen LogP contribution in [0.3, 0.4) is 0 Å². The summed E-state index contributed by atoms with van der Waals surface area (Å²) < 4.78 is 10.8. The van der Waals surface area contributed by atoms with Crippen molar-refractivity contribution < 1.29 is 14.4 Å². The number of hydrogen-bond donors (Lipinski definition) is 1. The van der Waals surface area contributed by atoms with Crippen LogP contribution in [-0.2, 0) is 0 Å². The maximum Gasteiger partial charge on any atom is 0.352 e. The number of nitro groups is 1. The molecular weight excluding hydrogens is 236 g/mol. The molecule has 0 heterocycles. The molecule has 2 N–H and O–H groups in total. The highest BCUT2D eigenvalue weighted by molar-refractivity contribution is 5.57. The molecule has 0 bridgehead atoms. The van der Waals surface area contributed by atoms with Crippen molar-refractivity contribution in [2.75, 3.05) is 6.61 Å². The average Bonchev–Trinajstić information content (AvgIpc) is 2.27. The predicted molar refractivity (Wildman–Crippen MR) is 65.9 cm³/mol. The van der Waals surface area contributed by atoms with E-state index in [0.717, 1.165) is 12.8 Å². The van der Waals surface area contributed by atoms with Crippen molar-refractivity contribution in [3.8, 4) is 11.5 Å². The van der Waals surface area contributed by atoms with Crippen LogP contribution in [0.4, 0.5) is 5.69 Å². The van der Waals surface area contributed by atoms with Gasteiger partial charge in [-0.2, -0.15) is 0 Å². The van der Waals surface area contributed by atoms with Crippen LogP contribution < -0.4 is 15.2 Å². The molecule has 1 fully saturated rings. The summed E-state index contributed by atoms with van der Waals surface area (Å²) in [6, 6.07) is 4.99. The van der Waals surface area contributed by atoms with Crippen LogP contribution in [0.15, 0.2) is 18.2 Å². The first kappa shape index (κ1) is 12.6. The van der Waals surface area contributed by atoms with E-state index in [4.69, 9.17) is 15.2 Å². The zero-order chi connectivity index (χ0) is 13.1. The lowest BCUT2D eigenvalue weighted by molar-refractivity contribution is -0.387. The van der Waals surface area contributed by atoms with Crippen molar-refractivity contribution >= 4 is 5.69 Å². The van der Waals surface area contributed by atoms with Crippen molar-refractivity contribution in [2.45, 2.75) is 31.9 Å². The summed E-state index contributed by atoms with van der Waals surface area (Å²) in [5.41, 5.74) is 5.55. The average molecular weight is 252 g/mol. The fourth-order valence-electron chi connectivity index (χ4n) is 1.93. The van der Waals surface area contributed by atoms with Crippen molar-refractivity contribution in [1.82, 2.24) is 0 Å².